The zero-order chi connectivity index (χ0) is 27.5. The fraction of sp³-hybridized carbons (Fsp3) is 0.233. The van der Waals surface area contributed by atoms with Gasteiger partial charge in [0.05, 0.1) is 27.0 Å². The minimum Gasteiger partial charge on any atom is -0.507 e. The van der Waals surface area contributed by atoms with Crippen molar-refractivity contribution in [2.24, 2.45) is 0 Å². The third kappa shape index (κ3) is 5.95. The summed E-state index contributed by atoms with van der Waals surface area (Å²) >= 11 is 12.4. The molecule has 7 nitrogen and oxygen atoms in total. The van der Waals surface area contributed by atoms with E-state index in [1.54, 1.807) is 30.3 Å². The number of hydrogen-bond acceptors (Lipinski definition) is 4. The molecule has 1 aromatic heterocycles. The molecule has 0 aliphatic heterocycles. The average molecular weight is 563 g/mol. The molecule has 2 amide bonds. The van der Waals surface area contributed by atoms with Crippen molar-refractivity contribution in [3.63, 3.8) is 0 Å². The van der Waals surface area contributed by atoms with Gasteiger partial charge in [-0.05, 0) is 61.7 Å². The number of nitrogens with one attached hydrogen (secondary N) is 2. The van der Waals surface area contributed by atoms with Crippen LogP contribution >= 0.6 is 23.2 Å². The maximum absolute atomic E-state index is 13.3. The van der Waals surface area contributed by atoms with Crippen LogP contribution in [0.4, 0.5) is 10.5 Å². The molecule has 5 rings (SSSR count). The van der Waals surface area contributed by atoms with Gasteiger partial charge < -0.3 is 15.7 Å². The zero-order valence-electron chi connectivity index (χ0n) is 21.4. The molecule has 1 saturated carbocycles. The summed E-state index contributed by atoms with van der Waals surface area (Å²) < 4.78 is 1.41. The number of phenolic OH excluding ortho intramolecular Hbond substituents is 1. The maximum Gasteiger partial charge on any atom is 0.342 e. The Morgan fingerprint density at radius 2 is 1.69 bits per heavy atom. The highest BCUT2D eigenvalue weighted by Crippen LogP contribution is 2.38. The highest BCUT2D eigenvalue weighted by molar-refractivity contribution is 6.40. The van der Waals surface area contributed by atoms with E-state index in [0.29, 0.717) is 23.5 Å². The highest BCUT2D eigenvalue weighted by Gasteiger charge is 2.26. The van der Waals surface area contributed by atoms with E-state index in [-0.39, 0.29) is 33.3 Å². The molecule has 0 saturated heterocycles. The lowest BCUT2D eigenvalue weighted by molar-refractivity contribution is 0.102. The molecule has 0 radical (unpaired) electrons. The quantitative estimate of drug-likeness (QED) is 0.211. The number of aryl methyl sites for hydroxylation is 1. The Hall–Kier alpha value is -3.81. The second kappa shape index (κ2) is 11.5. The summed E-state index contributed by atoms with van der Waals surface area (Å²) in [5, 5.41) is 21.5. The molecule has 1 aliphatic rings. The van der Waals surface area contributed by atoms with E-state index < -0.39 is 5.91 Å². The molecule has 0 unspecified atom stereocenters. The predicted molar refractivity (Wildman–Crippen MR) is 154 cm³/mol. The molecule has 39 heavy (non-hydrogen) atoms. The summed E-state index contributed by atoms with van der Waals surface area (Å²) in [6, 6.07) is 19.0. The largest absolute Gasteiger partial charge is 0.507 e. The summed E-state index contributed by atoms with van der Waals surface area (Å²) in [6.07, 6.45) is 4.12. The van der Waals surface area contributed by atoms with Crippen molar-refractivity contribution in [3.8, 4) is 17.0 Å². The van der Waals surface area contributed by atoms with Crippen molar-refractivity contribution >= 4 is 40.8 Å². The summed E-state index contributed by atoms with van der Waals surface area (Å²) in [7, 11) is 0. The highest BCUT2D eigenvalue weighted by atomic mass is 35.5. The van der Waals surface area contributed by atoms with Crippen LogP contribution in [-0.4, -0.2) is 26.8 Å². The Morgan fingerprint density at radius 1 is 1.00 bits per heavy atom. The van der Waals surface area contributed by atoms with Crippen LogP contribution in [0, 0.1) is 6.92 Å². The van der Waals surface area contributed by atoms with Gasteiger partial charge in [-0.1, -0.05) is 71.9 Å². The van der Waals surface area contributed by atoms with Gasteiger partial charge in [-0.25, -0.2) is 4.79 Å². The van der Waals surface area contributed by atoms with Gasteiger partial charge in [-0.3, -0.25) is 4.79 Å². The first-order valence-corrected chi connectivity index (χ1v) is 13.6. The number of aromatic hydroxyl groups is 1. The van der Waals surface area contributed by atoms with Crippen LogP contribution in [0.2, 0.25) is 10.0 Å². The summed E-state index contributed by atoms with van der Waals surface area (Å²) in [4.78, 5) is 26.2. The first-order valence-electron chi connectivity index (χ1n) is 12.8. The summed E-state index contributed by atoms with van der Waals surface area (Å²) in [5.74, 6) is -0.301. The third-order valence-corrected chi connectivity index (χ3v) is 7.62. The van der Waals surface area contributed by atoms with Gasteiger partial charge in [0, 0.05) is 23.7 Å². The standard InChI is InChI=1S/C30H28Cl2N4O3/c1-18-9-11-19(12-10-18)17-33-30(39)36-26(20-5-2-3-6-20)16-25(35-36)22-15-21(13-14-27(22)37)34-29(38)28-23(31)7-4-8-24(28)32/h4,7-16,20,37H,2-3,5-6,17H2,1H3,(H,33,39)(H,34,38). The second-order valence-electron chi connectivity index (χ2n) is 9.77. The van der Waals surface area contributed by atoms with Crippen molar-refractivity contribution in [2.45, 2.75) is 45.1 Å². The zero-order valence-corrected chi connectivity index (χ0v) is 22.9. The molecule has 9 heteroatoms. The minimum atomic E-state index is -0.477. The number of amides is 2. The van der Waals surface area contributed by atoms with Gasteiger partial charge >= 0.3 is 6.03 Å². The van der Waals surface area contributed by atoms with Crippen molar-refractivity contribution in [1.82, 2.24) is 15.1 Å². The lowest BCUT2D eigenvalue weighted by Crippen LogP contribution is -2.30. The molecular weight excluding hydrogens is 535 g/mol. The Balaban J connectivity index is 1.43. The number of benzene rings is 3. The fourth-order valence-corrected chi connectivity index (χ4v) is 5.46. The Labute approximate surface area is 236 Å². The first-order chi connectivity index (χ1) is 18.8. The molecule has 3 N–H and O–H groups in total. The molecule has 1 aliphatic carbocycles. The first kappa shape index (κ1) is 26.8. The van der Waals surface area contributed by atoms with E-state index in [1.807, 2.05) is 37.3 Å². The van der Waals surface area contributed by atoms with Crippen LogP contribution in [0.1, 0.15) is 58.8 Å². The minimum absolute atomic E-state index is 0.0218. The van der Waals surface area contributed by atoms with Crippen molar-refractivity contribution in [1.29, 1.82) is 0 Å². The van der Waals surface area contributed by atoms with E-state index in [1.165, 1.54) is 10.7 Å². The molecular formula is C30H28Cl2N4O3. The molecule has 0 spiro atoms. The van der Waals surface area contributed by atoms with Gasteiger partial charge in [0.1, 0.15) is 5.75 Å². The number of halogens is 2. The Bertz CT molecular complexity index is 1510. The molecule has 0 atom stereocenters. The fourth-order valence-electron chi connectivity index (χ4n) is 4.89. The second-order valence-corrected chi connectivity index (χ2v) is 10.6. The van der Waals surface area contributed by atoms with Gasteiger partial charge in [0.25, 0.3) is 5.91 Å². The van der Waals surface area contributed by atoms with E-state index in [9.17, 15) is 14.7 Å². The summed E-state index contributed by atoms with van der Waals surface area (Å²) in [5.41, 5.74) is 4.36. The van der Waals surface area contributed by atoms with Crippen LogP contribution in [0.5, 0.6) is 5.75 Å². The van der Waals surface area contributed by atoms with Crippen molar-refractivity contribution in [3.05, 3.63) is 99.2 Å². The van der Waals surface area contributed by atoms with Gasteiger partial charge in [0.2, 0.25) is 0 Å². The van der Waals surface area contributed by atoms with Gasteiger partial charge in [-0.15, -0.1) is 0 Å². The third-order valence-electron chi connectivity index (χ3n) is 6.99. The number of nitrogens with zero attached hydrogens (tertiary/aromatic N) is 2. The van der Waals surface area contributed by atoms with Crippen LogP contribution in [0.3, 0.4) is 0 Å². The SMILES string of the molecule is Cc1ccc(CNC(=O)n2nc(-c3cc(NC(=O)c4c(Cl)cccc4Cl)ccc3O)cc2C2CCCC2)cc1. The monoisotopic (exact) mass is 562 g/mol. The van der Waals surface area contributed by atoms with Crippen LogP contribution in [0.15, 0.2) is 66.7 Å². The molecule has 3 aromatic carbocycles. The normalized spacial score (nSPS) is 13.4. The van der Waals surface area contributed by atoms with Crippen LogP contribution in [0.25, 0.3) is 11.3 Å². The molecule has 0 bridgehead atoms. The number of rotatable bonds is 6. The van der Waals surface area contributed by atoms with E-state index in [4.69, 9.17) is 23.2 Å². The molecule has 4 aromatic rings. The Morgan fingerprint density at radius 3 is 2.38 bits per heavy atom. The lowest BCUT2D eigenvalue weighted by Gasteiger charge is -2.12. The molecule has 1 fully saturated rings. The molecule has 1 heterocycles. The predicted octanol–water partition coefficient (Wildman–Crippen LogP) is 7.54. The van der Waals surface area contributed by atoms with Gasteiger partial charge in [0.15, 0.2) is 0 Å². The lowest BCUT2D eigenvalue weighted by atomic mass is 10.0. The smallest absolute Gasteiger partial charge is 0.342 e. The number of aromatic nitrogens is 2. The van der Waals surface area contributed by atoms with Gasteiger partial charge in [-0.2, -0.15) is 9.78 Å². The number of anilines is 1. The van der Waals surface area contributed by atoms with E-state index in [0.717, 1.165) is 42.5 Å². The maximum atomic E-state index is 13.3. The number of carbonyl (C=O) groups is 2. The van der Waals surface area contributed by atoms with E-state index in [2.05, 4.69) is 15.7 Å². The summed E-state index contributed by atoms with van der Waals surface area (Å²) in [6.45, 7) is 2.39. The molecule has 200 valence electrons. The average Bonchev–Trinajstić information content (AvgIpc) is 3.60. The topological polar surface area (TPSA) is 96.3 Å². The number of hydrogen-bond donors (Lipinski definition) is 3. The van der Waals surface area contributed by atoms with Crippen LogP contribution < -0.4 is 10.6 Å². The van der Waals surface area contributed by atoms with Crippen LogP contribution in [-0.2, 0) is 6.54 Å². The van der Waals surface area contributed by atoms with Crippen molar-refractivity contribution in [2.75, 3.05) is 5.32 Å². The van der Waals surface area contributed by atoms with Crippen molar-refractivity contribution < 1.29 is 14.7 Å². The van der Waals surface area contributed by atoms with E-state index >= 15 is 0 Å². The number of phenols is 1. The number of carbonyl (C=O) groups excluding carboxylic acids is 2. The Kier molecular flexibility index (Phi) is 7.91.